The van der Waals surface area contributed by atoms with Crippen LogP contribution in [0.5, 0.6) is 0 Å². The number of carbonyl (C=O) groups is 2. The first kappa shape index (κ1) is 18.9. The number of hydrogen-bond donors (Lipinski definition) is 2. The maximum atomic E-state index is 10.8. The third-order valence-electron chi connectivity index (χ3n) is 1.50. The number of carbonyl (C=O) groups excluding carboxylic acids is 2. The molecule has 0 aliphatic carbocycles. The van der Waals surface area contributed by atoms with Gasteiger partial charge in [-0.2, -0.15) is 8.42 Å². The molecule has 0 fully saturated rings. The molecule has 0 unspecified atom stereocenters. The number of hydrogen-bond acceptors (Lipinski definition) is 4. The van der Waals surface area contributed by atoms with Crippen molar-refractivity contribution in [3.8, 4) is 0 Å². The molecule has 0 heterocycles. The van der Waals surface area contributed by atoms with Gasteiger partial charge in [-0.25, -0.2) is 0 Å². The minimum Gasteiger partial charge on any atom is -0.365 e. The average Bonchev–Trinajstić information content (AvgIpc) is 2.11. The van der Waals surface area contributed by atoms with Gasteiger partial charge in [-0.1, -0.05) is 27.0 Å². The quantitative estimate of drug-likeness (QED) is 0.332. The molecule has 0 bridgehead atoms. The van der Waals surface area contributed by atoms with Crippen molar-refractivity contribution in [3.05, 3.63) is 24.3 Å². The molecule has 0 atom stereocenters. The Bertz CT molecular complexity index is 424. The van der Waals surface area contributed by atoms with E-state index in [0.717, 1.165) is 0 Å². The molecular formula is C11H19NO5S. The van der Waals surface area contributed by atoms with Gasteiger partial charge in [-0.15, -0.1) is 0 Å². The van der Waals surface area contributed by atoms with Crippen LogP contribution in [0.3, 0.4) is 0 Å². The number of Topliss-reactive ketones (excluding diaryl/α,β-unsaturated/α-hetero) is 1. The molecule has 7 heteroatoms. The van der Waals surface area contributed by atoms with E-state index in [1.807, 2.05) is 0 Å². The molecule has 0 aliphatic heterocycles. The molecule has 0 saturated heterocycles. The van der Waals surface area contributed by atoms with Crippen molar-refractivity contribution in [2.45, 2.75) is 20.8 Å². The maximum absolute atomic E-state index is 10.8. The first-order valence-corrected chi connectivity index (χ1v) is 6.63. The van der Waals surface area contributed by atoms with E-state index in [1.165, 1.54) is 6.92 Å². The van der Waals surface area contributed by atoms with Crippen molar-refractivity contribution in [3.63, 3.8) is 0 Å². The van der Waals surface area contributed by atoms with E-state index in [2.05, 4.69) is 13.2 Å². The van der Waals surface area contributed by atoms with Crippen LogP contribution >= 0.6 is 0 Å². The van der Waals surface area contributed by atoms with Gasteiger partial charge in [0.15, 0.2) is 5.78 Å². The van der Waals surface area contributed by atoms with Crippen molar-refractivity contribution in [2.24, 2.45) is 11.7 Å². The van der Waals surface area contributed by atoms with Gasteiger partial charge in [0, 0.05) is 0 Å². The highest BCUT2D eigenvalue weighted by Crippen LogP contribution is 1.99. The molecular weight excluding hydrogens is 258 g/mol. The molecule has 0 aromatic carbocycles. The highest BCUT2D eigenvalue weighted by Gasteiger charge is 2.11. The van der Waals surface area contributed by atoms with Crippen LogP contribution in [-0.2, 0) is 19.7 Å². The first-order chi connectivity index (χ1) is 7.88. The van der Waals surface area contributed by atoms with Gasteiger partial charge in [0.2, 0.25) is 0 Å². The summed E-state index contributed by atoms with van der Waals surface area (Å²) in [6.45, 7) is 11.5. The molecule has 0 saturated carbocycles. The van der Waals surface area contributed by atoms with Gasteiger partial charge in [-0.3, -0.25) is 14.1 Å². The molecule has 0 aliphatic rings. The number of nitrogens with two attached hydrogens (primary N) is 1. The van der Waals surface area contributed by atoms with E-state index in [-0.39, 0.29) is 22.8 Å². The Morgan fingerprint density at radius 1 is 1.28 bits per heavy atom. The Labute approximate surface area is 107 Å². The van der Waals surface area contributed by atoms with Crippen molar-refractivity contribution in [1.82, 2.24) is 0 Å². The van der Waals surface area contributed by atoms with Crippen LogP contribution in [0.2, 0.25) is 0 Å². The van der Waals surface area contributed by atoms with Gasteiger partial charge in [0.25, 0.3) is 16.0 Å². The number of amides is 1. The lowest BCUT2D eigenvalue weighted by Gasteiger charge is -1.97. The standard InChI is InChI=1S/C7H9NO2.C4H10O3S/c1-4(2)6(9)5(3)7(8)10;1-4(2)3-8(5,6)7/h1,3H2,2H3,(H2,8,10);4H,3H2,1-2H3,(H,5,6,7). The average molecular weight is 277 g/mol. The summed E-state index contributed by atoms with van der Waals surface area (Å²) in [5.74, 6) is -1.42. The van der Waals surface area contributed by atoms with Crippen LogP contribution in [0, 0.1) is 5.92 Å². The molecule has 18 heavy (non-hydrogen) atoms. The highest BCUT2D eigenvalue weighted by molar-refractivity contribution is 7.85. The third kappa shape index (κ3) is 11.0. The van der Waals surface area contributed by atoms with Crippen LogP contribution in [0.25, 0.3) is 0 Å². The van der Waals surface area contributed by atoms with Gasteiger partial charge in [0.05, 0.1) is 11.3 Å². The molecule has 1 amide bonds. The summed E-state index contributed by atoms with van der Waals surface area (Å²) >= 11 is 0. The number of primary amides is 1. The SMILES string of the molecule is C=C(C)C(=O)C(=C)C(N)=O.CC(C)CS(=O)(=O)O. The molecule has 0 rings (SSSR count). The van der Waals surface area contributed by atoms with E-state index in [0.29, 0.717) is 0 Å². The lowest BCUT2D eigenvalue weighted by Crippen LogP contribution is -2.19. The molecule has 0 aromatic rings. The predicted molar refractivity (Wildman–Crippen MR) is 69.4 cm³/mol. The maximum Gasteiger partial charge on any atom is 0.265 e. The Kier molecular flexibility index (Phi) is 8.16. The van der Waals surface area contributed by atoms with Crippen LogP contribution in [0.15, 0.2) is 24.3 Å². The smallest absolute Gasteiger partial charge is 0.265 e. The molecule has 0 spiro atoms. The van der Waals surface area contributed by atoms with Crippen LogP contribution in [-0.4, -0.2) is 30.4 Å². The molecule has 3 N–H and O–H groups in total. The van der Waals surface area contributed by atoms with Crippen molar-refractivity contribution < 1.29 is 22.6 Å². The van der Waals surface area contributed by atoms with E-state index in [4.69, 9.17) is 10.3 Å². The monoisotopic (exact) mass is 277 g/mol. The fourth-order valence-electron chi connectivity index (χ4n) is 0.791. The first-order valence-electron chi connectivity index (χ1n) is 5.02. The summed E-state index contributed by atoms with van der Waals surface area (Å²) in [5, 5.41) is 0. The second kappa shape index (κ2) is 7.78. The molecule has 0 radical (unpaired) electrons. The lowest BCUT2D eigenvalue weighted by atomic mass is 10.1. The van der Waals surface area contributed by atoms with Crippen molar-refractivity contribution >= 4 is 21.8 Å². The van der Waals surface area contributed by atoms with E-state index in [1.54, 1.807) is 13.8 Å². The summed E-state index contributed by atoms with van der Waals surface area (Å²) < 4.78 is 28.2. The molecule has 0 aromatic heterocycles. The molecule has 104 valence electrons. The summed E-state index contributed by atoms with van der Waals surface area (Å²) in [5.41, 5.74) is 4.83. The van der Waals surface area contributed by atoms with Crippen LogP contribution in [0.1, 0.15) is 20.8 Å². The summed E-state index contributed by atoms with van der Waals surface area (Å²) in [7, 11) is -3.72. The van der Waals surface area contributed by atoms with Gasteiger partial charge >= 0.3 is 0 Å². The predicted octanol–water partition coefficient (Wildman–Crippen LogP) is 0.703. The summed E-state index contributed by atoms with van der Waals surface area (Å²) in [6.07, 6.45) is 0. The lowest BCUT2D eigenvalue weighted by molar-refractivity contribution is -0.119. The summed E-state index contributed by atoms with van der Waals surface area (Å²) in [6, 6.07) is 0. The minimum atomic E-state index is -3.72. The van der Waals surface area contributed by atoms with E-state index >= 15 is 0 Å². The Morgan fingerprint density at radius 3 is 1.72 bits per heavy atom. The normalized spacial score (nSPS) is 10.3. The zero-order chi connectivity index (χ0) is 15.1. The number of allylic oxidation sites excluding steroid dienone is 1. The molecule has 6 nitrogen and oxygen atoms in total. The van der Waals surface area contributed by atoms with Gasteiger partial charge < -0.3 is 5.73 Å². The topological polar surface area (TPSA) is 115 Å². The second-order valence-corrected chi connectivity index (χ2v) is 5.59. The van der Waals surface area contributed by atoms with E-state index < -0.39 is 21.8 Å². The number of rotatable bonds is 5. The van der Waals surface area contributed by atoms with Crippen LogP contribution < -0.4 is 5.73 Å². The van der Waals surface area contributed by atoms with E-state index in [9.17, 15) is 18.0 Å². The van der Waals surface area contributed by atoms with Gasteiger partial charge in [0.1, 0.15) is 0 Å². The Balaban J connectivity index is 0. The largest absolute Gasteiger partial charge is 0.365 e. The van der Waals surface area contributed by atoms with Gasteiger partial charge in [-0.05, 0) is 18.4 Å². The zero-order valence-corrected chi connectivity index (χ0v) is 11.6. The summed E-state index contributed by atoms with van der Waals surface area (Å²) in [4.78, 5) is 21.1. The fourth-order valence-corrected chi connectivity index (χ4v) is 1.63. The Hall–Kier alpha value is -1.47. The number of ketones is 1. The van der Waals surface area contributed by atoms with Crippen LogP contribution in [0.4, 0.5) is 0 Å². The minimum absolute atomic E-state index is 0.00463. The fraction of sp³-hybridized carbons (Fsp3) is 0.455. The highest BCUT2D eigenvalue weighted by atomic mass is 32.2. The van der Waals surface area contributed by atoms with Crippen molar-refractivity contribution in [2.75, 3.05) is 5.75 Å². The second-order valence-electron chi connectivity index (χ2n) is 4.09. The van der Waals surface area contributed by atoms with Crippen molar-refractivity contribution in [1.29, 1.82) is 0 Å². The zero-order valence-electron chi connectivity index (χ0n) is 10.8. The third-order valence-corrected chi connectivity index (χ3v) is 2.59. The Morgan fingerprint density at radius 2 is 1.67 bits per heavy atom.